The van der Waals surface area contributed by atoms with Crippen molar-refractivity contribution < 1.29 is 14.7 Å². The number of hydrogen-bond donors (Lipinski definition) is 3. The van der Waals surface area contributed by atoms with Crippen LogP contribution in [0.2, 0.25) is 0 Å². The molecule has 4 N–H and O–H groups in total. The number of nitrogens with two attached hydrogens (primary N) is 1. The van der Waals surface area contributed by atoms with Gasteiger partial charge in [0.05, 0.1) is 5.56 Å². The van der Waals surface area contributed by atoms with Crippen molar-refractivity contribution in [3.05, 3.63) is 28.8 Å². The molecule has 5 heteroatoms. The molecule has 1 aromatic rings. The van der Waals surface area contributed by atoms with E-state index < -0.39 is 5.97 Å². The minimum absolute atomic E-state index is 0.202. The number of carbonyl (C=O) groups is 2. The van der Waals surface area contributed by atoms with Gasteiger partial charge < -0.3 is 16.2 Å². The van der Waals surface area contributed by atoms with E-state index in [1.54, 1.807) is 19.9 Å². The van der Waals surface area contributed by atoms with Crippen molar-refractivity contribution in [3.8, 4) is 0 Å². The highest BCUT2D eigenvalue weighted by Crippen LogP contribution is 2.20. The molecule has 0 aliphatic heterocycles. The first-order valence-corrected chi connectivity index (χ1v) is 5.30. The Morgan fingerprint density at radius 1 is 1.35 bits per heavy atom. The predicted molar refractivity (Wildman–Crippen MR) is 65.2 cm³/mol. The summed E-state index contributed by atoms with van der Waals surface area (Å²) < 4.78 is 0. The number of carboxylic acid groups (broad SMARTS) is 1. The van der Waals surface area contributed by atoms with Gasteiger partial charge in [-0.15, -0.1) is 0 Å². The van der Waals surface area contributed by atoms with E-state index in [4.69, 9.17) is 10.8 Å². The van der Waals surface area contributed by atoms with E-state index in [9.17, 15) is 9.59 Å². The highest BCUT2D eigenvalue weighted by atomic mass is 16.4. The number of aromatic carboxylic acids is 1. The molecule has 17 heavy (non-hydrogen) atoms. The third-order valence-corrected chi connectivity index (χ3v) is 2.55. The van der Waals surface area contributed by atoms with Crippen LogP contribution >= 0.6 is 0 Å². The molecule has 0 heterocycles. The Morgan fingerprint density at radius 2 is 2.00 bits per heavy atom. The lowest BCUT2D eigenvalue weighted by molar-refractivity contribution is -0.116. The minimum Gasteiger partial charge on any atom is -0.478 e. The molecular weight excluding hydrogens is 220 g/mol. The lowest BCUT2D eigenvalue weighted by Crippen LogP contribution is -2.16. The molecule has 0 bridgehead atoms. The average Bonchev–Trinajstić information content (AvgIpc) is 2.23. The van der Waals surface area contributed by atoms with Crippen LogP contribution in [0.5, 0.6) is 0 Å². The van der Waals surface area contributed by atoms with Crippen LogP contribution in [0.3, 0.4) is 0 Å². The first kappa shape index (κ1) is 13.2. The predicted octanol–water partition coefficient (Wildman–Crippen LogP) is 1.29. The Labute approximate surface area is 99.6 Å². The molecule has 92 valence electrons. The van der Waals surface area contributed by atoms with Crippen molar-refractivity contribution in [1.82, 2.24) is 0 Å². The Kier molecular flexibility index (Phi) is 4.23. The van der Waals surface area contributed by atoms with Crippen LogP contribution in [0.25, 0.3) is 0 Å². The monoisotopic (exact) mass is 236 g/mol. The summed E-state index contributed by atoms with van der Waals surface area (Å²) in [6.07, 6.45) is 0.218. The zero-order valence-electron chi connectivity index (χ0n) is 9.91. The first-order valence-electron chi connectivity index (χ1n) is 5.30. The van der Waals surface area contributed by atoms with Gasteiger partial charge >= 0.3 is 5.97 Å². The number of rotatable bonds is 4. The Balaban J connectivity index is 3.02. The van der Waals surface area contributed by atoms with Crippen LogP contribution in [0.15, 0.2) is 12.1 Å². The standard InChI is InChI=1S/C12H16N2O3/c1-7-5-9(14-11(15)3-4-13)6-10(8(7)2)12(16)17/h5-6H,3-4,13H2,1-2H3,(H,14,15)(H,16,17). The largest absolute Gasteiger partial charge is 0.478 e. The fourth-order valence-electron chi connectivity index (χ4n) is 1.51. The molecule has 1 aromatic carbocycles. The Hall–Kier alpha value is -1.88. The molecule has 0 aliphatic carbocycles. The number of anilines is 1. The summed E-state index contributed by atoms with van der Waals surface area (Å²) in [6.45, 7) is 3.81. The lowest BCUT2D eigenvalue weighted by Gasteiger charge is -2.10. The van der Waals surface area contributed by atoms with Crippen LogP contribution in [-0.2, 0) is 4.79 Å². The molecule has 0 unspecified atom stereocenters. The molecule has 5 nitrogen and oxygen atoms in total. The van der Waals surface area contributed by atoms with Crippen LogP contribution < -0.4 is 11.1 Å². The fourth-order valence-corrected chi connectivity index (χ4v) is 1.51. The van der Waals surface area contributed by atoms with Crippen LogP contribution in [0.1, 0.15) is 27.9 Å². The van der Waals surface area contributed by atoms with E-state index in [1.807, 2.05) is 0 Å². The topological polar surface area (TPSA) is 92.4 Å². The van der Waals surface area contributed by atoms with Gasteiger partial charge in [0, 0.05) is 18.7 Å². The average molecular weight is 236 g/mol. The van der Waals surface area contributed by atoms with Crippen molar-refractivity contribution in [2.75, 3.05) is 11.9 Å². The third kappa shape index (κ3) is 3.29. The minimum atomic E-state index is -1.000. The van der Waals surface area contributed by atoms with E-state index in [2.05, 4.69) is 5.32 Å². The zero-order chi connectivity index (χ0) is 13.0. The summed E-state index contributed by atoms with van der Waals surface area (Å²) in [7, 11) is 0. The SMILES string of the molecule is Cc1cc(NC(=O)CCN)cc(C(=O)O)c1C. The molecular formula is C12H16N2O3. The third-order valence-electron chi connectivity index (χ3n) is 2.55. The molecule has 0 radical (unpaired) electrons. The molecule has 1 amide bonds. The summed E-state index contributed by atoms with van der Waals surface area (Å²) in [6, 6.07) is 3.20. The number of benzene rings is 1. The van der Waals surface area contributed by atoms with E-state index >= 15 is 0 Å². The number of nitrogens with one attached hydrogen (secondary N) is 1. The number of carbonyl (C=O) groups excluding carboxylic acids is 1. The van der Waals surface area contributed by atoms with Gasteiger partial charge in [0.1, 0.15) is 0 Å². The summed E-state index contributed by atoms with van der Waals surface area (Å²) >= 11 is 0. The quantitative estimate of drug-likeness (QED) is 0.734. The van der Waals surface area contributed by atoms with E-state index in [1.165, 1.54) is 6.07 Å². The zero-order valence-corrected chi connectivity index (χ0v) is 9.91. The second kappa shape index (κ2) is 5.45. The number of hydrogen-bond acceptors (Lipinski definition) is 3. The normalized spacial score (nSPS) is 10.1. The molecule has 0 fully saturated rings. The maximum atomic E-state index is 11.4. The molecule has 0 saturated heterocycles. The van der Waals surface area contributed by atoms with Crippen molar-refractivity contribution in [2.24, 2.45) is 5.73 Å². The second-order valence-corrected chi connectivity index (χ2v) is 3.86. The van der Waals surface area contributed by atoms with Crippen LogP contribution in [0, 0.1) is 13.8 Å². The van der Waals surface area contributed by atoms with Crippen LogP contribution in [0.4, 0.5) is 5.69 Å². The van der Waals surface area contributed by atoms with Gasteiger partial charge in [-0.3, -0.25) is 4.79 Å². The Morgan fingerprint density at radius 3 is 2.53 bits per heavy atom. The van der Waals surface area contributed by atoms with E-state index in [-0.39, 0.29) is 24.4 Å². The fraction of sp³-hybridized carbons (Fsp3) is 0.333. The van der Waals surface area contributed by atoms with E-state index in [0.717, 1.165) is 5.56 Å². The summed E-state index contributed by atoms with van der Waals surface area (Å²) in [5.74, 6) is -1.22. The number of aryl methyl sites for hydroxylation is 1. The van der Waals surface area contributed by atoms with Crippen molar-refractivity contribution >= 4 is 17.6 Å². The van der Waals surface area contributed by atoms with Crippen molar-refractivity contribution in [1.29, 1.82) is 0 Å². The molecule has 0 aromatic heterocycles. The molecule has 0 atom stereocenters. The molecule has 1 rings (SSSR count). The lowest BCUT2D eigenvalue weighted by atomic mass is 10.0. The van der Waals surface area contributed by atoms with Gasteiger partial charge in [0.15, 0.2) is 0 Å². The number of carboxylic acids is 1. The van der Waals surface area contributed by atoms with E-state index in [0.29, 0.717) is 11.3 Å². The highest BCUT2D eigenvalue weighted by Gasteiger charge is 2.11. The van der Waals surface area contributed by atoms with Crippen molar-refractivity contribution in [3.63, 3.8) is 0 Å². The Bertz CT molecular complexity index is 455. The van der Waals surface area contributed by atoms with Crippen molar-refractivity contribution in [2.45, 2.75) is 20.3 Å². The smallest absolute Gasteiger partial charge is 0.336 e. The maximum absolute atomic E-state index is 11.4. The summed E-state index contributed by atoms with van der Waals surface area (Å²) in [5, 5.41) is 11.6. The first-order chi connectivity index (χ1) is 7.95. The highest BCUT2D eigenvalue weighted by molar-refractivity contribution is 5.95. The van der Waals surface area contributed by atoms with Gasteiger partial charge in [0.2, 0.25) is 5.91 Å². The summed E-state index contributed by atoms with van der Waals surface area (Å²) in [4.78, 5) is 22.4. The molecule has 0 spiro atoms. The van der Waals surface area contributed by atoms with Gasteiger partial charge in [-0.2, -0.15) is 0 Å². The second-order valence-electron chi connectivity index (χ2n) is 3.86. The van der Waals surface area contributed by atoms with Gasteiger partial charge in [-0.05, 0) is 37.1 Å². The van der Waals surface area contributed by atoms with Gasteiger partial charge in [0.25, 0.3) is 0 Å². The maximum Gasteiger partial charge on any atom is 0.336 e. The van der Waals surface area contributed by atoms with Gasteiger partial charge in [-0.1, -0.05) is 0 Å². The summed E-state index contributed by atoms with van der Waals surface area (Å²) in [5.41, 5.74) is 7.48. The molecule has 0 aliphatic rings. The van der Waals surface area contributed by atoms with Gasteiger partial charge in [-0.25, -0.2) is 4.79 Å². The van der Waals surface area contributed by atoms with Crippen LogP contribution in [-0.4, -0.2) is 23.5 Å². The number of amides is 1. The molecule has 0 saturated carbocycles.